The molecule has 1 heterocycles. The fourth-order valence-corrected chi connectivity index (χ4v) is 5.00. The van der Waals surface area contributed by atoms with Crippen molar-refractivity contribution in [2.24, 2.45) is 5.92 Å². The van der Waals surface area contributed by atoms with Crippen LogP contribution in [0.5, 0.6) is 5.75 Å². The summed E-state index contributed by atoms with van der Waals surface area (Å²) in [7, 11) is 0. The van der Waals surface area contributed by atoms with Gasteiger partial charge in [-0.1, -0.05) is 54.6 Å². The molecule has 2 N–H and O–H groups in total. The Morgan fingerprint density at radius 1 is 0.976 bits per heavy atom. The number of hydrogen-bond donors (Lipinski definition) is 2. The van der Waals surface area contributed by atoms with Crippen LogP contribution in [-0.2, 0) is 33.8 Å². The van der Waals surface area contributed by atoms with E-state index in [2.05, 4.69) is 5.32 Å². The summed E-state index contributed by atoms with van der Waals surface area (Å²) in [6, 6.07) is 21.0. The normalized spacial score (nSPS) is 14.3. The van der Waals surface area contributed by atoms with Crippen molar-refractivity contribution in [2.75, 3.05) is 13.1 Å². The molecule has 7 nitrogen and oxygen atoms in total. The maximum Gasteiger partial charge on any atom is 0.326 e. The third kappa shape index (κ3) is 9.17. The number of benzene rings is 3. The first kappa shape index (κ1) is 29.8. The largest absolute Gasteiger partial charge is 0.489 e. The van der Waals surface area contributed by atoms with Gasteiger partial charge in [-0.2, -0.15) is 0 Å². The van der Waals surface area contributed by atoms with Crippen molar-refractivity contribution < 1.29 is 28.6 Å². The van der Waals surface area contributed by atoms with Crippen molar-refractivity contribution in [2.45, 2.75) is 58.1 Å². The van der Waals surface area contributed by atoms with Crippen molar-refractivity contribution >= 4 is 17.8 Å². The lowest BCUT2D eigenvalue weighted by atomic mass is 9.92. The Morgan fingerprint density at radius 2 is 1.66 bits per heavy atom. The molecule has 1 atom stereocenters. The number of piperidine rings is 1. The van der Waals surface area contributed by atoms with Gasteiger partial charge in [0.05, 0.1) is 0 Å². The summed E-state index contributed by atoms with van der Waals surface area (Å²) < 4.78 is 19.6. The molecule has 3 aromatic carbocycles. The van der Waals surface area contributed by atoms with E-state index in [0.29, 0.717) is 56.7 Å². The van der Waals surface area contributed by atoms with Gasteiger partial charge in [0.1, 0.15) is 24.2 Å². The van der Waals surface area contributed by atoms with Crippen molar-refractivity contribution in [3.8, 4) is 5.75 Å². The van der Waals surface area contributed by atoms with Crippen molar-refractivity contribution in [1.82, 2.24) is 10.2 Å². The quantitative estimate of drug-likeness (QED) is 0.322. The predicted molar refractivity (Wildman–Crippen MR) is 154 cm³/mol. The van der Waals surface area contributed by atoms with E-state index in [0.717, 1.165) is 16.7 Å². The number of rotatable bonds is 12. The van der Waals surface area contributed by atoms with Gasteiger partial charge in [-0.15, -0.1) is 0 Å². The van der Waals surface area contributed by atoms with Gasteiger partial charge >= 0.3 is 5.97 Å². The number of carboxylic acids is 1. The summed E-state index contributed by atoms with van der Waals surface area (Å²) in [6.07, 6.45) is 2.55. The zero-order valence-corrected chi connectivity index (χ0v) is 23.4. The number of carbonyl (C=O) groups excluding carboxylic acids is 2. The Labute approximate surface area is 240 Å². The minimum atomic E-state index is -1.09. The molecule has 0 aliphatic carbocycles. The zero-order valence-electron chi connectivity index (χ0n) is 23.4. The Kier molecular flexibility index (Phi) is 10.5. The summed E-state index contributed by atoms with van der Waals surface area (Å²) in [4.78, 5) is 39.0. The molecule has 1 aliphatic heterocycles. The van der Waals surface area contributed by atoms with Crippen LogP contribution in [0.4, 0.5) is 4.39 Å². The second-order valence-corrected chi connectivity index (χ2v) is 10.7. The Hall–Kier alpha value is -4.20. The highest BCUT2D eigenvalue weighted by Crippen LogP contribution is 2.22. The van der Waals surface area contributed by atoms with Crippen molar-refractivity contribution in [1.29, 1.82) is 0 Å². The number of nitrogens with one attached hydrogen (secondary N) is 1. The van der Waals surface area contributed by atoms with Crippen LogP contribution in [0.1, 0.15) is 47.9 Å². The molecule has 0 bridgehead atoms. The topological polar surface area (TPSA) is 95.9 Å². The number of ether oxygens (including phenoxy) is 1. The molecule has 2 amide bonds. The average Bonchev–Trinajstić information content (AvgIpc) is 2.97. The van der Waals surface area contributed by atoms with Crippen molar-refractivity contribution in [3.63, 3.8) is 0 Å². The number of aliphatic carboxylic acids is 1. The molecule has 0 saturated carbocycles. The number of halogens is 1. The Bertz CT molecular complexity index is 1320. The van der Waals surface area contributed by atoms with Crippen LogP contribution >= 0.6 is 0 Å². The second-order valence-electron chi connectivity index (χ2n) is 10.7. The monoisotopic (exact) mass is 560 g/mol. The van der Waals surface area contributed by atoms with E-state index >= 15 is 0 Å². The molecule has 8 heteroatoms. The number of carboxylic acid groups (broad SMARTS) is 1. The molecular weight excluding hydrogens is 523 g/mol. The molecule has 0 radical (unpaired) electrons. The summed E-state index contributed by atoms with van der Waals surface area (Å²) in [5, 5.41) is 12.4. The Balaban J connectivity index is 1.18. The van der Waals surface area contributed by atoms with Gasteiger partial charge in [-0.25, -0.2) is 9.18 Å². The van der Waals surface area contributed by atoms with Gasteiger partial charge in [0, 0.05) is 32.4 Å². The highest BCUT2D eigenvalue weighted by molar-refractivity contribution is 5.84. The van der Waals surface area contributed by atoms with E-state index in [-0.39, 0.29) is 36.4 Å². The summed E-state index contributed by atoms with van der Waals surface area (Å²) in [5.74, 6) is -0.858. The molecular formula is C33H37FN2O5. The fourth-order valence-electron chi connectivity index (χ4n) is 5.00. The van der Waals surface area contributed by atoms with E-state index in [9.17, 15) is 23.9 Å². The molecule has 1 aliphatic rings. The van der Waals surface area contributed by atoms with E-state index in [1.807, 2.05) is 48.5 Å². The average molecular weight is 561 g/mol. The molecule has 0 spiro atoms. The number of hydrogen-bond acceptors (Lipinski definition) is 4. The number of likely N-dealkylation sites (tertiary alicyclic amines) is 1. The van der Waals surface area contributed by atoms with Crippen LogP contribution < -0.4 is 10.1 Å². The zero-order chi connectivity index (χ0) is 29.2. The lowest BCUT2D eigenvalue weighted by Gasteiger charge is -2.32. The van der Waals surface area contributed by atoms with Gasteiger partial charge < -0.3 is 20.1 Å². The summed E-state index contributed by atoms with van der Waals surface area (Å²) in [6.45, 7) is 3.26. The van der Waals surface area contributed by atoms with Gasteiger partial charge in [0.15, 0.2) is 0 Å². The third-order valence-electron chi connectivity index (χ3n) is 7.55. The maximum absolute atomic E-state index is 13.8. The molecule has 0 aromatic heterocycles. The minimum Gasteiger partial charge on any atom is -0.489 e. The van der Waals surface area contributed by atoms with Gasteiger partial charge in [0.2, 0.25) is 11.8 Å². The maximum atomic E-state index is 13.8. The van der Waals surface area contributed by atoms with Crippen LogP contribution in [0.25, 0.3) is 0 Å². The van der Waals surface area contributed by atoms with Gasteiger partial charge in [-0.05, 0) is 72.6 Å². The minimum absolute atomic E-state index is 0.0244. The van der Waals surface area contributed by atoms with Crippen LogP contribution in [-0.4, -0.2) is 46.9 Å². The second kappa shape index (κ2) is 14.4. The molecule has 3 aromatic rings. The van der Waals surface area contributed by atoms with E-state index < -0.39 is 12.0 Å². The Morgan fingerprint density at radius 3 is 2.32 bits per heavy atom. The molecule has 4 rings (SSSR count). The lowest BCUT2D eigenvalue weighted by Crippen LogP contribution is -2.44. The first-order valence-electron chi connectivity index (χ1n) is 14.1. The SMILES string of the molecule is Cc1ccc(CCC(=O)N2CCC(CC(=O)N[C@@H](Cc3ccc(OCc4ccccc4)cc3)C(=O)O)CC2)cc1F. The first-order valence-corrected chi connectivity index (χ1v) is 14.1. The molecule has 0 unspecified atom stereocenters. The molecule has 216 valence electrons. The van der Waals surface area contributed by atoms with E-state index in [1.54, 1.807) is 30.0 Å². The number of amides is 2. The molecule has 1 saturated heterocycles. The fraction of sp³-hybridized carbons (Fsp3) is 0.364. The third-order valence-corrected chi connectivity index (χ3v) is 7.55. The van der Waals surface area contributed by atoms with Crippen LogP contribution in [0.3, 0.4) is 0 Å². The lowest BCUT2D eigenvalue weighted by molar-refractivity contribution is -0.142. The number of carbonyl (C=O) groups is 3. The summed E-state index contributed by atoms with van der Waals surface area (Å²) >= 11 is 0. The standard InChI is InChI=1S/C33H37FN2O5/c1-23-7-8-24(19-29(23)34)11-14-32(38)36-17-15-26(16-18-36)21-31(37)35-30(33(39)40)20-25-9-12-28(13-10-25)41-22-27-5-3-2-4-6-27/h2-10,12-13,19,26,30H,11,14-18,20-22H2,1H3,(H,35,37)(H,39,40)/t30-/m0/s1. The molecule has 1 fully saturated rings. The van der Waals surface area contributed by atoms with Crippen molar-refractivity contribution in [3.05, 3.63) is 101 Å². The summed E-state index contributed by atoms with van der Waals surface area (Å²) in [5.41, 5.74) is 3.22. The highest BCUT2D eigenvalue weighted by Gasteiger charge is 2.26. The first-order chi connectivity index (χ1) is 19.8. The molecule has 41 heavy (non-hydrogen) atoms. The highest BCUT2D eigenvalue weighted by atomic mass is 19.1. The van der Waals surface area contributed by atoms with Gasteiger partial charge in [0.25, 0.3) is 0 Å². The van der Waals surface area contributed by atoms with Crippen LogP contribution in [0.15, 0.2) is 72.8 Å². The predicted octanol–water partition coefficient (Wildman–Crippen LogP) is 5.09. The van der Waals surface area contributed by atoms with Gasteiger partial charge in [-0.3, -0.25) is 9.59 Å². The van der Waals surface area contributed by atoms with E-state index in [4.69, 9.17) is 4.74 Å². The van der Waals surface area contributed by atoms with Crippen LogP contribution in [0, 0.1) is 18.7 Å². The van der Waals surface area contributed by atoms with Crippen LogP contribution in [0.2, 0.25) is 0 Å². The number of nitrogens with zero attached hydrogens (tertiary/aromatic N) is 1. The number of aryl methyl sites for hydroxylation is 2. The van der Waals surface area contributed by atoms with E-state index in [1.165, 1.54) is 6.07 Å². The smallest absolute Gasteiger partial charge is 0.326 e.